The van der Waals surface area contributed by atoms with Gasteiger partial charge in [0.15, 0.2) is 6.29 Å². The van der Waals surface area contributed by atoms with Gasteiger partial charge in [-0.05, 0) is 39.0 Å². The molecule has 0 N–H and O–H groups in total. The van der Waals surface area contributed by atoms with Gasteiger partial charge in [0.2, 0.25) is 0 Å². The zero-order valence-electron chi connectivity index (χ0n) is 14.0. The standard InChI is InChI=1S/C17H21FN2O4/c1-17(2,3)24-16(23)20-7-6-19(9-14(20)11-22)13-5-4-12(10-21)15(18)8-13/h4-5,8,10-11,14H,6-7,9H2,1-3H3. The number of amides is 1. The Kier molecular flexibility index (Phi) is 5.21. The molecule has 24 heavy (non-hydrogen) atoms. The third kappa shape index (κ3) is 4.10. The molecule has 1 aromatic rings. The molecule has 2 rings (SSSR count). The van der Waals surface area contributed by atoms with Crippen molar-refractivity contribution >= 4 is 24.4 Å². The minimum atomic E-state index is -0.678. The maximum atomic E-state index is 13.8. The van der Waals surface area contributed by atoms with E-state index < -0.39 is 23.6 Å². The summed E-state index contributed by atoms with van der Waals surface area (Å²) in [6.45, 7) is 6.23. The zero-order valence-corrected chi connectivity index (χ0v) is 14.0. The molecule has 0 aromatic heterocycles. The van der Waals surface area contributed by atoms with Gasteiger partial charge in [-0.15, -0.1) is 0 Å². The van der Waals surface area contributed by atoms with Gasteiger partial charge in [0.1, 0.15) is 23.7 Å². The molecule has 0 bridgehead atoms. The van der Waals surface area contributed by atoms with Gasteiger partial charge in [-0.1, -0.05) is 0 Å². The quantitative estimate of drug-likeness (QED) is 0.792. The van der Waals surface area contributed by atoms with E-state index in [9.17, 15) is 18.8 Å². The van der Waals surface area contributed by atoms with Crippen LogP contribution in [0.4, 0.5) is 14.9 Å². The largest absolute Gasteiger partial charge is 0.444 e. The predicted octanol–water partition coefficient (Wildman–Crippen LogP) is 2.26. The highest BCUT2D eigenvalue weighted by molar-refractivity contribution is 5.77. The van der Waals surface area contributed by atoms with Crippen LogP contribution in [-0.2, 0) is 9.53 Å². The molecule has 1 aliphatic heterocycles. The zero-order chi connectivity index (χ0) is 17.9. The van der Waals surface area contributed by atoms with E-state index in [-0.39, 0.29) is 18.7 Å². The number of aldehydes is 2. The molecule has 0 spiro atoms. The lowest BCUT2D eigenvalue weighted by molar-refractivity contribution is -0.112. The molecule has 1 amide bonds. The number of anilines is 1. The summed E-state index contributed by atoms with van der Waals surface area (Å²) >= 11 is 0. The van der Waals surface area contributed by atoms with Crippen LogP contribution >= 0.6 is 0 Å². The fourth-order valence-electron chi connectivity index (χ4n) is 2.52. The van der Waals surface area contributed by atoms with Crippen molar-refractivity contribution in [3.63, 3.8) is 0 Å². The van der Waals surface area contributed by atoms with Crippen molar-refractivity contribution in [1.29, 1.82) is 0 Å². The van der Waals surface area contributed by atoms with Crippen molar-refractivity contribution in [2.75, 3.05) is 24.5 Å². The van der Waals surface area contributed by atoms with Crippen LogP contribution in [0, 0.1) is 5.82 Å². The van der Waals surface area contributed by atoms with Crippen molar-refractivity contribution in [3.8, 4) is 0 Å². The number of ether oxygens (including phenoxy) is 1. The molecule has 0 aliphatic carbocycles. The number of piperazine rings is 1. The number of nitrogens with zero attached hydrogens (tertiary/aromatic N) is 2. The highest BCUT2D eigenvalue weighted by Crippen LogP contribution is 2.22. The van der Waals surface area contributed by atoms with Crippen LogP contribution in [0.25, 0.3) is 0 Å². The Morgan fingerprint density at radius 1 is 1.29 bits per heavy atom. The number of hydrogen-bond acceptors (Lipinski definition) is 5. The van der Waals surface area contributed by atoms with Gasteiger partial charge in [-0.3, -0.25) is 9.69 Å². The van der Waals surface area contributed by atoms with Crippen LogP contribution in [0.15, 0.2) is 18.2 Å². The second-order valence-corrected chi connectivity index (χ2v) is 6.65. The Morgan fingerprint density at radius 2 is 2.00 bits per heavy atom. The third-order valence-corrected chi connectivity index (χ3v) is 3.68. The summed E-state index contributed by atoms with van der Waals surface area (Å²) in [6, 6.07) is 3.60. The molecular weight excluding hydrogens is 315 g/mol. The fourth-order valence-corrected chi connectivity index (χ4v) is 2.52. The number of benzene rings is 1. The lowest BCUT2D eigenvalue weighted by atomic mass is 10.1. The number of carbonyl (C=O) groups is 3. The first-order valence-electron chi connectivity index (χ1n) is 7.70. The summed E-state index contributed by atoms with van der Waals surface area (Å²) in [5.74, 6) is -0.611. The van der Waals surface area contributed by atoms with Gasteiger partial charge in [0.05, 0.1) is 5.56 Å². The number of carbonyl (C=O) groups excluding carboxylic acids is 3. The molecular formula is C17H21FN2O4. The second-order valence-electron chi connectivity index (χ2n) is 6.65. The molecule has 1 aromatic carbocycles. The summed E-state index contributed by atoms with van der Waals surface area (Å²) < 4.78 is 19.1. The minimum Gasteiger partial charge on any atom is -0.444 e. The monoisotopic (exact) mass is 336 g/mol. The number of rotatable bonds is 3. The molecule has 6 nitrogen and oxygen atoms in total. The van der Waals surface area contributed by atoms with Crippen molar-refractivity contribution in [3.05, 3.63) is 29.6 Å². The molecule has 0 radical (unpaired) electrons. The van der Waals surface area contributed by atoms with E-state index in [2.05, 4.69) is 0 Å². The van der Waals surface area contributed by atoms with Crippen LogP contribution in [0.5, 0.6) is 0 Å². The van der Waals surface area contributed by atoms with Gasteiger partial charge in [0.25, 0.3) is 0 Å². The summed E-state index contributed by atoms with van der Waals surface area (Å²) in [5, 5.41) is 0. The van der Waals surface area contributed by atoms with E-state index in [0.29, 0.717) is 24.8 Å². The molecule has 1 fully saturated rings. The smallest absolute Gasteiger partial charge is 0.411 e. The minimum absolute atomic E-state index is 0.0157. The Labute approximate surface area is 140 Å². The molecule has 1 unspecified atom stereocenters. The topological polar surface area (TPSA) is 66.9 Å². The van der Waals surface area contributed by atoms with E-state index in [0.717, 1.165) is 0 Å². The van der Waals surface area contributed by atoms with Gasteiger partial charge in [-0.2, -0.15) is 0 Å². The molecule has 0 saturated carbocycles. The summed E-state index contributed by atoms with van der Waals surface area (Å²) in [5.41, 5.74) is -0.0954. The van der Waals surface area contributed by atoms with E-state index in [1.807, 2.05) is 0 Å². The lowest BCUT2D eigenvalue weighted by Crippen LogP contribution is -2.57. The van der Waals surface area contributed by atoms with Crippen molar-refractivity contribution in [2.24, 2.45) is 0 Å². The Morgan fingerprint density at radius 3 is 2.54 bits per heavy atom. The van der Waals surface area contributed by atoms with Crippen LogP contribution in [0.3, 0.4) is 0 Å². The maximum Gasteiger partial charge on any atom is 0.411 e. The summed E-state index contributed by atoms with van der Waals surface area (Å²) in [7, 11) is 0. The highest BCUT2D eigenvalue weighted by Gasteiger charge is 2.33. The van der Waals surface area contributed by atoms with E-state index in [1.54, 1.807) is 31.7 Å². The maximum absolute atomic E-state index is 13.8. The van der Waals surface area contributed by atoms with Crippen LogP contribution in [-0.4, -0.2) is 54.8 Å². The normalized spacial score (nSPS) is 18.2. The lowest BCUT2D eigenvalue weighted by Gasteiger charge is -2.40. The Bertz CT molecular complexity index is 642. The first-order chi connectivity index (χ1) is 11.2. The molecule has 7 heteroatoms. The van der Waals surface area contributed by atoms with Crippen molar-refractivity contribution in [2.45, 2.75) is 32.4 Å². The first-order valence-corrected chi connectivity index (χ1v) is 7.70. The average Bonchev–Trinajstić information content (AvgIpc) is 2.52. The van der Waals surface area contributed by atoms with Crippen LogP contribution in [0.2, 0.25) is 0 Å². The predicted molar refractivity (Wildman–Crippen MR) is 86.8 cm³/mol. The summed E-state index contributed by atoms with van der Waals surface area (Å²) in [4.78, 5) is 37.4. The van der Waals surface area contributed by atoms with Crippen LogP contribution < -0.4 is 4.90 Å². The van der Waals surface area contributed by atoms with Gasteiger partial charge < -0.3 is 14.4 Å². The van der Waals surface area contributed by atoms with E-state index in [4.69, 9.17) is 4.74 Å². The molecule has 1 atom stereocenters. The van der Waals surface area contributed by atoms with Crippen molar-refractivity contribution in [1.82, 2.24) is 4.90 Å². The summed E-state index contributed by atoms with van der Waals surface area (Å²) in [6.07, 6.45) is 0.599. The van der Waals surface area contributed by atoms with E-state index >= 15 is 0 Å². The number of halogens is 1. The second kappa shape index (κ2) is 6.98. The van der Waals surface area contributed by atoms with Crippen molar-refractivity contribution < 1.29 is 23.5 Å². The number of hydrogen-bond donors (Lipinski definition) is 0. The van der Waals surface area contributed by atoms with Gasteiger partial charge >= 0.3 is 6.09 Å². The van der Waals surface area contributed by atoms with Crippen LogP contribution in [0.1, 0.15) is 31.1 Å². The molecule has 1 heterocycles. The Balaban J connectivity index is 2.12. The Hall–Kier alpha value is -2.44. The van der Waals surface area contributed by atoms with Gasteiger partial charge in [0, 0.05) is 25.3 Å². The molecule has 130 valence electrons. The molecule has 1 saturated heterocycles. The fraction of sp³-hybridized carbons (Fsp3) is 0.471. The van der Waals surface area contributed by atoms with Gasteiger partial charge in [-0.25, -0.2) is 9.18 Å². The first kappa shape index (κ1) is 17.9. The SMILES string of the molecule is CC(C)(C)OC(=O)N1CCN(c2ccc(C=O)c(F)c2)CC1C=O. The van der Waals surface area contributed by atoms with E-state index in [1.165, 1.54) is 17.0 Å². The molecule has 1 aliphatic rings. The third-order valence-electron chi connectivity index (χ3n) is 3.68. The average molecular weight is 336 g/mol. The highest BCUT2D eigenvalue weighted by atomic mass is 19.1.